The lowest BCUT2D eigenvalue weighted by atomic mass is 9.98. The summed E-state index contributed by atoms with van der Waals surface area (Å²) < 4.78 is 5.20. The van der Waals surface area contributed by atoms with Crippen molar-refractivity contribution in [2.45, 2.75) is 51.3 Å². The van der Waals surface area contributed by atoms with Crippen LogP contribution >= 0.6 is 0 Å². The number of likely N-dealkylation sites (tertiary alicyclic amines) is 1. The lowest BCUT2D eigenvalue weighted by Crippen LogP contribution is -2.51. The summed E-state index contributed by atoms with van der Waals surface area (Å²) in [5.74, 6) is -1.09. The van der Waals surface area contributed by atoms with Crippen molar-refractivity contribution in [2.75, 3.05) is 6.54 Å². The van der Waals surface area contributed by atoms with Crippen molar-refractivity contribution in [3.8, 4) is 0 Å². The minimum Gasteiger partial charge on any atom is -0.480 e. The van der Waals surface area contributed by atoms with Gasteiger partial charge in [0.05, 0.1) is 6.54 Å². The standard InChI is InChI=1S/C11H20N2O4/c1-7-5-11(12,8(14)15)6-13(7)9(16)17-10(2,3)4/h7H,5-6,12H2,1-4H3,(H,14,15). The fraction of sp³-hybridized carbons (Fsp3) is 0.818. The van der Waals surface area contributed by atoms with Crippen molar-refractivity contribution in [1.82, 2.24) is 4.90 Å². The summed E-state index contributed by atoms with van der Waals surface area (Å²) in [6.07, 6.45) is -0.278. The normalized spacial score (nSPS) is 29.2. The van der Waals surface area contributed by atoms with Crippen molar-refractivity contribution in [1.29, 1.82) is 0 Å². The Bertz CT molecular complexity index is 337. The number of carboxylic acid groups (broad SMARTS) is 1. The first-order valence-electron chi connectivity index (χ1n) is 5.57. The molecular weight excluding hydrogens is 224 g/mol. The molecule has 2 unspecified atom stereocenters. The highest BCUT2D eigenvalue weighted by molar-refractivity contribution is 5.81. The van der Waals surface area contributed by atoms with Crippen molar-refractivity contribution in [3.63, 3.8) is 0 Å². The molecule has 1 amide bonds. The molecule has 3 N–H and O–H groups in total. The maximum absolute atomic E-state index is 11.8. The van der Waals surface area contributed by atoms with E-state index in [2.05, 4.69) is 0 Å². The molecular formula is C11H20N2O4. The number of carboxylic acids is 1. The first-order valence-corrected chi connectivity index (χ1v) is 5.57. The van der Waals surface area contributed by atoms with E-state index in [1.54, 1.807) is 27.7 Å². The molecule has 0 spiro atoms. The number of amides is 1. The van der Waals surface area contributed by atoms with Crippen LogP contribution in [-0.4, -0.2) is 45.8 Å². The fourth-order valence-corrected chi connectivity index (χ4v) is 1.88. The summed E-state index contributed by atoms with van der Waals surface area (Å²) in [7, 11) is 0. The molecule has 6 heteroatoms. The molecule has 0 aromatic carbocycles. The maximum Gasteiger partial charge on any atom is 0.410 e. The largest absolute Gasteiger partial charge is 0.480 e. The summed E-state index contributed by atoms with van der Waals surface area (Å²) in [5, 5.41) is 9.02. The molecule has 98 valence electrons. The SMILES string of the molecule is CC1CC(N)(C(=O)O)CN1C(=O)OC(C)(C)C. The van der Waals surface area contributed by atoms with E-state index in [1.165, 1.54) is 4.90 Å². The summed E-state index contributed by atoms with van der Waals surface area (Å²) in [6, 6.07) is -0.231. The zero-order valence-corrected chi connectivity index (χ0v) is 10.7. The van der Waals surface area contributed by atoms with E-state index in [0.717, 1.165) is 0 Å². The van der Waals surface area contributed by atoms with Crippen molar-refractivity contribution >= 4 is 12.1 Å². The van der Waals surface area contributed by atoms with E-state index in [9.17, 15) is 9.59 Å². The minimum atomic E-state index is -1.36. The highest BCUT2D eigenvalue weighted by Gasteiger charge is 2.47. The van der Waals surface area contributed by atoms with Gasteiger partial charge < -0.3 is 20.5 Å². The molecule has 1 aliphatic heterocycles. The first kappa shape index (κ1) is 13.8. The smallest absolute Gasteiger partial charge is 0.410 e. The monoisotopic (exact) mass is 244 g/mol. The van der Waals surface area contributed by atoms with E-state index in [4.69, 9.17) is 15.6 Å². The Hall–Kier alpha value is -1.30. The van der Waals surface area contributed by atoms with E-state index < -0.39 is 23.2 Å². The van der Waals surface area contributed by atoms with Crippen LogP contribution in [-0.2, 0) is 9.53 Å². The summed E-state index contributed by atoms with van der Waals surface area (Å²) in [5.41, 5.74) is 3.77. The van der Waals surface area contributed by atoms with Gasteiger partial charge in [-0.3, -0.25) is 4.79 Å². The van der Waals surface area contributed by atoms with Crippen LogP contribution in [0.15, 0.2) is 0 Å². The Balaban J connectivity index is 2.75. The number of hydrogen-bond acceptors (Lipinski definition) is 4. The third kappa shape index (κ3) is 3.09. The number of rotatable bonds is 1. The molecule has 2 atom stereocenters. The van der Waals surface area contributed by atoms with E-state index in [-0.39, 0.29) is 19.0 Å². The molecule has 0 aromatic rings. The van der Waals surface area contributed by atoms with Crippen LogP contribution in [0.4, 0.5) is 4.79 Å². The van der Waals surface area contributed by atoms with Gasteiger partial charge in [-0.05, 0) is 34.1 Å². The molecule has 6 nitrogen and oxygen atoms in total. The second-order valence-corrected chi connectivity index (χ2v) is 5.62. The van der Waals surface area contributed by atoms with Gasteiger partial charge in [-0.15, -0.1) is 0 Å². The molecule has 0 aliphatic carbocycles. The predicted molar refractivity (Wildman–Crippen MR) is 61.6 cm³/mol. The van der Waals surface area contributed by atoms with Crippen LogP contribution in [0.25, 0.3) is 0 Å². The quantitative estimate of drug-likeness (QED) is 0.711. The van der Waals surface area contributed by atoms with Crippen LogP contribution in [0.1, 0.15) is 34.1 Å². The molecule has 1 heterocycles. The predicted octanol–water partition coefficient (Wildman–Crippen LogP) is 0.798. The Morgan fingerprint density at radius 3 is 2.35 bits per heavy atom. The van der Waals surface area contributed by atoms with Gasteiger partial charge in [0.25, 0.3) is 0 Å². The van der Waals surface area contributed by atoms with Gasteiger partial charge in [0.2, 0.25) is 0 Å². The average Bonchev–Trinajstić information content (AvgIpc) is 2.40. The lowest BCUT2D eigenvalue weighted by Gasteiger charge is -2.27. The van der Waals surface area contributed by atoms with Gasteiger partial charge in [-0.1, -0.05) is 0 Å². The molecule has 0 saturated carbocycles. The molecule has 1 aliphatic rings. The lowest BCUT2D eigenvalue weighted by molar-refractivity contribution is -0.142. The number of carbonyl (C=O) groups excluding carboxylic acids is 1. The van der Waals surface area contributed by atoms with Crippen LogP contribution in [0.2, 0.25) is 0 Å². The third-order valence-corrected chi connectivity index (χ3v) is 2.70. The highest BCUT2D eigenvalue weighted by atomic mass is 16.6. The zero-order valence-electron chi connectivity index (χ0n) is 10.7. The Labute approximate surface area is 101 Å². The third-order valence-electron chi connectivity index (χ3n) is 2.70. The van der Waals surface area contributed by atoms with Crippen LogP contribution in [0.5, 0.6) is 0 Å². The van der Waals surface area contributed by atoms with Crippen LogP contribution in [0, 0.1) is 0 Å². The van der Waals surface area contributed by atoms with Gasteiger partial charge >= 0.3 is 12.1 Å². The molecule has 1 rings (SSSR count). The fourth-order valence-electron chi connectivity index (χ4n) is 1.88. The highest BCUT2D eigenvalue weighted by Crippen LogP contribution is 2.26. The summed E-state index contributed by atoms with van der Waals surface area (Å²) >= 11 is 0. The Kier molecular flexibility index (Phi) is 3.38. The van der Waals surface area contributed by atoms with Gasteiger partial charge in [0.15, 0.2) is 0 Å². The second-order valence-electron chi connectivity index (χ2n) is 5.62. The minimum absolute atomic E-state index is 0.0155. The van der Waals surface area contributed by atoms with E-state index >= 15 is 0 Å². The molecule has 0 aromatic heterocycles. The number of aliphatic carboxylic acids is 1. The van der Waals surface area contributed by atoms with Gasteiger partial charge in [0.1, 0.15) is 11.1 Å². The first-order chi connectivity index (χ1) is 7.55. The van der Waals surface area contributed by atoms with Gasteiger partial charge in [-0.25, -0.2) is 4.79 Å². The molecule has 0 radical (unpaired) electrons. The topological polar surface area (TPSA) is 92.9 Å². The molecule has 1 fully saturated rings. The average molecular weight is 244 g/mol. The summed E-state index contributed by atoms with van der Waals surface area (Å²) in [4.78, 5) is 24.2. The van der Waals surface area contributed by atoms with Crippen molar-refractivity contribution < 1.29 is 19.4 Å². The van der Waals surface area contributed by atoms with Gasteiger partial charge in [-0.2, -0.15) is 0 Å². The van der Waals surface area contributed by atoms with Crippen LogP contribution < -0.4 is 5.73 Å². The molecule has 1 saturated heterocycles. The van der Waals surface area contributed by atoms with Crippen LogP contribution in [0.3, 0.4) is 0 Å². The number of hydrogen-bond donors (Lipinski definition) is 2. The van der Waals surface area contributed by atoms with E-state index in [0.29, 0.717) is 0 Å². The molecule has 17 heavy (non-hydrogen) atoms. The van der Waals surface area contributed by atoms with Gasteiger partial charge in [0, 0.05) is 6.04 Å². The second kappa shape index (κ2) is 4.18. The number of carbonyl (C=O) groups is 2. The number of nitrogens with two attached hydrogens (primary N) is 1. The number of nitrogens with zero attached hydrogens (tertiary/aromatic N) is 1. The van der Waals surface area contributed by atoms with Crippen molar-refractivity contribution in [2.24, 2.45) is 5.73 Å². The summed E-state index contributed by atoms with van der Waals surface area (Å²) in [6.45, 7) is 7.04. The van der Waals surface area contributed by atoms with Crippen molar-refractivity contribution in [3.05, 3.63) is 0 Å². The molecule has 0 bridgehead atoms. The van der Waals surface area contributed by atoms with E-state index in [1.807, 2.05) is 0 Å². The Morgan fingerprint density at radius 2 is 2.00 bits per heavy atom. The zero-order chi connectivity index (χ0) is 13.4. The maximum atomic E-state index is 11.8. The number of ether oxygens (including phenoxy) is 1. The Morgan fingerprint density at radius 1 is 1.47 bits per heavy atom.